The zero-order valence-electron chi connectivity index (χ0n) is 16.9. The van der Waals surface area contributed by atoms with Gasteiger partial charge in [0, 0.05) is 23.0 Å². The SMILES string of the molecule is CC(C)c1ccc(-n2ccnc2SCC(=O)Nc2ccccc2SCC(N)=O)cc1. The Balaban J connectivity index is 1.63. The maximum Gasteiger partial charge on any atom is 0.234 e. The fraction of sp³-hybridized carbons (Fsp3) is 0.227. The number of para-hydroxylation sites is 1. The van der Waals surface area contributed by atoms with Crippen LogP contribution in [0.25, 0.3) is 5.69 Å². The minimum atomic E-state index is -0.398. The lowest BCUT2D eigenvalue weighted by Crippen LogP contribution is -2.16. The summed E-state index contributed by atoms with van der Waals surface area (Å²) in [4.78, 5) is 28.7. The van der Waals surface area contributed by atoms with Crippen molar-refractivity contribution in [2.45, 2.75) is 29.8 Å². The second-order valence-electron chi connectivity index (χ2n) is 6.91. The zero-order valence-corrected chi connectivity index (χ0v) is 18.5. The highest BCUT2D eigenvalue weighted by Gasteiger charge is 2.12. The van der Waals surface area contributed by atoms with E-state index in [4.69, 9.17) is 5.73 Å². The summed E-state index contributed by atoms with van der Waals surface area (Å²) < 4.78 is 1.97. The van der Waals surface area contributed by atoms with Gasteiger partial charge in [0.25, 0.3) is 0 Å². The Bertz CT molecular complexity index is 1020. The van der Waals surface area contributed by atoms with Gasteiger partial charge in [0.05, 0.1) is 17.2 Å². The molecule has 0 radical (unpaired) electrons. The van der Waals surface area contributed by atoms with Gasteiger partial charge in [0.1, 0.15) is 0 Å². The number of thioether (sulfide) groups is 2. The molecule has 0 aliphatic rings. The summed E-state index contributed by atoms with van der Waals surface area (Å²) in [6, 6.07) is 15.7. The number of anilines is 1. The maximum absolute atomic E-state index is 12.5. The molecule has 0 aliphatic carbocycles. The van der Waals surface area contributed by atoms with Crippen LogP contribution in [0.2, 0.25) is 0 Å². The van der Waals surface area contributed by atoms with Crippen molar-refractivity contribution >= 4 is 41.0 Å². The molecule has 0 spiro atoms. The summed E-state index contributed by atoms with van der Waals surface area (Å²) in [6.45, 7) is 4.33. The van der Waals surface area contributed by atoms with E-state index in [0.29, 0.717) is 11.6 Å². The number of imidazole rings is 1. The van der Waals surface area contributed by atoms with Gasteiger partial charge in [-0.3, -0.25) is 14.2 Å². The number of hydrogen-bond donors (Lipinski definition) is 2. The molecule has 0 aliphatic heterocycles. The van der Waals surface area contributed by atoms with E-state index in [0.717, 1.165) is 15.7 Å². The van der Waals surface area contributed by atoms with Crippen LogP contribution in [0.5, 0.6) is 0 Å². The van der Waals surface area contributed by atoms with E-state index in [9.17, 15) is 9.59 Å². The molecule has 0 fully saturated rings. The highest BCUT2D eigenvalue weighted by atomic mass is 32.2. The van der Waals surface area contributed by atoms with Crippen LogP contribution in [-0.4, -0.2) is 32.9 Å². The Morgan fingerprint density at radius 1 is 1.07 bits per heavy atom. The van der Waals surface area contributed by atoms with Crippen molar-refractivity contribution in [2.24, 2.45) is 5.73 Å². The number of nitrogens with two attached hydrogens (primary N) is 1. The van der Waals surface area contributed by atoms with Gasteiger partial charge in [-0.15, -0.1) is 11.8 Å². The van der Waals surface area contributed by atoms with E-state index in [1.807, 2.05) is 35.0 Å². The average molecular weight is 441 g/mol. The number of rotatable bonds is 9. The molecule has 6 nitrogen and oxygen atoms in total. The van der Waals surface area contributed by atoms with Crippen LogP contribution in [0.3, 0.4) is 0 Å². The van der Waals surface area contributed by atoms with Gasteiger partial charge in [-0.2, -0.15) is 0 Å². The number of benzene rings is 2. The van der Waals surface area contributed by atoms with E-state index in [1.165, 1.54) is 29.1 Å². The number of carbonyl (C=O) groups is 2. The predicted molar refractivity (Wildman–Crippen MR) is 123 cm³/mol. The molecule has 3 aromatic rings. The summed E-state index contributed by atoms with van der Waals surface area (Å²) in [5.41, 5.74) is 8.17. The van der Waals surface area contributed by atoms with Crippen LogP contribution in [-0.2, 0) is 9.59 Å². The van der Waals surface area contributed by atoms with Gasteiger partial charge >= 0.3 is 0 Å². The quantitative estimate of drug-likeness (QED) is 0.484. The molecule has 3 rings (SSSR count). The van der Waals surface area contributed by atoms with E-state index in [-0.39, 0.29) is 17.4 Å². The monoisotopic (exact) mass is 440 g/mol. The summed E-state index contributed by atoms with van der Waals surface area (Å²) in [7, 11) is 0. The normalized spacial score (nSPS) is 10.9. The smallest absolute Gasteiger partial charge is 0.234 e. The molecule has 2 amide bonds. The van der Waals surface area contributed by atoms with E-state index >= 15 is 0 Å². The van der Waals surface area contributed by atoms with Gasteiger partial charge in [-0.25, -0.2) is 4.98 Å². The van der Waals surface area contributed by atoms with Crippen molar-refractivity contribution in [2.75, 3.05) is 16.8 Å². The first-order chi connectivity index (χ1) is 14.4. The van der Waals surface area contributed by atoms with Crippen LogP contribution < -0.4 is 11.1 Å². The van der Waals surface area contributed by atoms with Crippen LogP contribution in [0.4, 0.5) is 5.69 Å². The molecule has 0 saturated heterocycles. The van der Waals surface area contributed by atoms with Crippen LogP contribution >= 0.6 is 23.5 Å². The molecule has 0 saturated carbocycles. The van der Waals surface area contributed by atoms with Crippen molar-refractivity contribution in [1.29, 1.82) is 0 Å². The van der Waals surface area contributed by atoms with E-state index in [2.05, 4.69) is 48.4 Å². The molecule has 30 heavy (non-hydrogen) atoms. The predicted octanol–water partition coefficient (Wildman–Crippen LogP) is 4.30. The summed E-state index contributed by atoms with van der Waals surface area (Å²) in [5, 5.41) is 3.66. The lowest BCUT2D eigenvalue weighted by molar-refractivity contribution is -0.115. The number of hydrogen-bond acceptors (Lipinski definition) is 5. The molecular formula is C22H24N4O2S2. The third-order valence-electron chi connectivity index (χ3n) is 4.31. The Morgan fingerprint density at radius 2 is 1.80 bits per heavy atom. The number of carbonyl (C=O) groups excluding carboxylic acids is 2. The third-order valence-corrected chi connectivity index (χ3v) is 6.37. The first-order valence-corrected chi connectivity index (χ1v) is 11.5. The van der Waals surface area contributed by atoms with Crippen LogP contribution in [0.1, 0.15) is 25.3 Å². The fourth-order valence-electron chi connectivity index (χ4n) is 2.77. The van der Waals surface area contributed by atoms with Gasteiger partial charge < -0.3 is 11.1 Å². The second kappa shape index (κ2) is 10.4. The minimum Gasteiger partial charge on any atom is -0.369 e. The molecule has 0 unspecified atom stereocenters. The molecule has 8 heteroatoms. The lowest BCUT2D eigenvalue weighted by atomic mass is 10.0. The first kappa shape index (κ1) is 22.0. The van der Waals surface area contributed by atoms with Crippen molar-refractivity contribution in [3.05, 3.63) is 66.5 Å². The van der Waals surface area contributed by atoms with Crippen molar-refractivity contribution in [1.82, 2.24) is 9.55 Å². The van der Waals surface area contributed by atoms with Crippen molar-refractivity contribution < 1.29 is 9.59 Å². The largest absolute Gasteiger partial charge is 0.369 e. The molecule has 2 aromatic carbocycles. The Morgan fingerprint density at radius 3 is 2.50 bits per heavy atom. The number of amides is 2. The van der Waals surface area contributed by atoms with Gasteiger partial charge in [0.2, 0.25) is 11.8 Å². The number of primary amides is 1. The Labute approximate surface area is 184 Å². The van der Waals surface area contributed by atoms with Crippen molar-refractivity contribution in [3.63, 3.8) is 0 Å². The van der Waals surface area contributed by atoms with Gasteiger partial charge in [-0.05, 0) is 35.7 Å². The average Bonchev–Trinajstić information content (AvgIpc) is 3.20. The van der Waals surface area contributed by atoms with Gasteiger partial charge in [-0.1, -0.05) is 49.9 Å². The number of nitrogens with one attached hydrogen (secondary N) is 1. The second-order valence-corrected chi connectivity index (χ2v) is 8.87. The van der Waals surface area contributed by atoms with Crippen LogP contribution in [0.15, 0.2) is 71.0 Å². The highest BCUT2D eigenvalue weighted by molar-refractivity contribution is 8.00. The maximum atomic E-state index is 12.5. The first-order valence-electron chi connectivity index (χ1n) is 9.50. The van der Waals surface area contributed by atoms with Crippen LogP contribution in [0, 0.1) is 0 Å². The lowest BCUT2D eigenvalue weighted by Gasteiger charge is -2.11. The topological polar surface area (TPSA) is 90.0 Å². The minimum absolute atomic E-state index is 0.142. The van der Waals surface area contributed by atoms with E-state index in [1.54, 1.807) is 6.20 Å². The molecule has 0 bridgehead atoms. The molecule has 156 valence electrons. The van der Waals surface area contributed by atoms with Crippen molar-refractivity contribution in [3.8, 4) is 5.69 Å². The molecular weight excluding hydrogens is 416 g/mol. The molecule has 1 heterocycles. The summed E-state index contributed by atoms with van der Waals surface area (Å²) in [6.07, 6.45) is 3.62. The standard InChI is InChI=1S/C22H24N4O2S2/c1-15(2)16-7-9-17(10-8-16)26-12-11-24-22(26)30-14-21(28)25-18-5-3-4-6-19(18)29-13-20(23)27/h3-12,15H,13-14H2,1-2H3,(H2,23,27)(H,25,28). The Kier molecular flexibility index (Phi) is 7.59. The summed E-state index contributed by atoms with van der Waals surface area (Å²) >= 11 is 2.67. The number of aromatic nitrogens is 2. The molecule has 3 N–H and O–H groups in total. The van der Waals surface area contributed by atoms with Gasteiger partial charge in [0.15, 0.2) is 5.16 Å². The molecule has 0 atom stereocenters. The van der Waals surface area contributed by atoms with E-state index < -0.39 is 5.91 Å². The Hall–Kier alpha value is -2.71. The summed E-state index contributed by atoms with van der Waals surface area (Å²) in [5.74, 6) is 0.315. The third kappa shape index (κ3) is 5.90. The fourth-order valence-corrected chi connectivity index (χ4v) is 4.29. The number of nitrogens with zero attached hydrogens (tertiary/aromatic N) is 2. The molecule has 1 aromatic heterocycles. The zero-order chi connectivity index (χ0) is 21.5. The highest BCUT2D eigenvalue weighted by Crippen LogP contribution is 2.27.